The summed E-state index contributed by atoms with van der Waals surface area (Å²) in [5.74, 6) is 0.675. The molecular weight excluding hydrogens is 198 g/mol. The van der Waals surface area contributed by atoms with Crippen LogP contribution in [0.1, 0.15) is 44.1 Å². The van der Waals surface area contributed by atoms with E-state index in [0.717, 1.165) is 19.4 Å². The van der Waals surface area contributed by atoms with Crippen LogP contribution >= 0.6 is 0 Å². The number of aliphatic hydroxyl groups is 1. The first-order valence-corrected chi connectivity index (χ1v) is 6.25. The van der Waals surface area contributed by atoms with Crippen LogP contribution in [-0.4, -0.2) is 15.8 Å². The van der Waals surface area contributed by atoms with Crippen LogP contribution < -0.4 is 0 Å². The van der Waals surface area contributed by atoms with E-state index in [1.807, 2.05) is 6.92 Å². The zero-order valence-electron chi connectivity index (χ0n) is 11.2. The smallest absolute Gasteiger partial charge is 0.0515 e. The second-order valence-corrected chi connectivity index (χ2v) is 5.29. The molecule has 0 aliphatic carbocycles. The first kappa shape index (κ1) is 13.3. The van der Waals surface area contributed by atoms with E-state index >= 15 is 0 Å². The molecule has 1 heterocycles. The van der Waals surface area contributed by atoms with Gasteiger partial charge in [-0.1, -0.05) is 13.8 Å². The summed E-state index contributed by atoms with van der Waals surface area (Å²) >= 11 is 0. The Morgan fingerprint density at radius 2 is 1.88 bits per heavy atom. The Labute approximate surface area is 99.3 Å². The molecule has 1 N–H and O–H groups in total. The van der Waals surface area contributed by atoms with Crippen molar-refractivity contribution in [1.29, 1.82) is 0 Å². The minimum absolute atomic E-state index is 0.201. The van der Waals surface area contributed by atoms with Crippen molar-refractivity contribution < 1.29 is 5.11 Å². The van der Waals surface area contributed by atoms with Gasteiger partial charge >= 0.3 is 0 Å². The van der Waals surface area contributed by atoms with Crippen LogP contribution in [0, 0.1) is 19.8 Å². The minimum Gasteiger partial charge on any atom is -0.393 e. The van der Waals surface area contributed by atoms with Crippen molar-refractivity contribution in [2.45, 2.75) is 60.1 Å². The molecule has 2 nitrogen and oxygen atoms in total. The Hall–Kier alpha value is -0.760. The van der Waals surface area contributed by atoms with E-state index in [2.05, 4.69) is 38.3 Å². The Bertz CT molecular complexity index is 337. The predicted octanol–water partition coefficient (Wildman–Crippen LogP) is 3.07. The predicted molar refractivity (Wildman–Crippen MR) is 68.7 cm³/mol. The van der Waals surface area contributed by atoms with E-state index in [9.17, 15) is 5.11 Å². The molecule has 1 rings (SSSR count). The van der Waals surface area contributed by atoms with Gasteiger partial charge in [-0.25, -0.2) is 0 Å². The maximum Gasteiger partial charge on any atom is 0.0515 e. The molecule has 0 amide bonds. The fourth-order valence-corrected chi connectivity index (χ4v) is 2.14. The molecule has 0 aliphatic heterocycles. The Balaban J connectivity index is 2.80. The highest BCUT2D eigenvalue weighted by Gasteiger charge is 2.10. The molecule has 0 fully saturated rings. The summed E-state index contributed by atoms with van der Waals surface area (Å²) in [7, 11) is 0. The van der Waals surface area contributed by atoms with Crippen molar-refractivity contribution in [2.24, 2.45) is 5.92 Å². The normalized spacial score (nSPS) is 13.4. The van der Waals surface area contributed by atoms with E-state index in [1.165, 1.54) is 17.0 Å². The third-order valence-corrected chi connectivity index (χ3v) is 3.06. The van der Waals surface area contributed by atoms with Crippen LogP contribution in [0.5, 0.6) is 0 Å². The summed E-state index contributed by atoms with van der Waals surface area (Å²) in [6, 6.07) is 2.26. The van der Waals surface area contributed by atoms with Crippen molar-refractivity contribution in [3.05, 3.63) is 23.0 Å². The van der Waals surface area contributed by atoms with Crippen LogP contribution in [0.4, 0.5) is 0 Å². The van der Waals surface area contributed by atoms with Gasteiger partial charge in [0.05, 0.1) is 6.10 Å². The van der Waals surface area contributed by atoms with Crippen molar-refractivity contribution >= 4 is 0 Å². The van der Waals surface area contributed by atoms with Crippen molar-refractivity contribution in [3.8, 4) is 0 Å². The maximum absolute atomic E-state index is 9.32. The molecule has 0 saturated heterocycles. The molecule has 1 aromatic rings. The van der Waals surface area contributed by atoms with Gasteiger partial charge in [0.25, 0.3) is 0 Å². The molecule has 92 valence electrons. The van der Waals surface area contributed by atoms with Gasteiger partial charge < -0.3 is 9.67 Å². The monoisotopic (exact) mass is 223 g/mol. The summed E-state index contributed by atoms with van der Waals surface area (Å²) in [6.07, 6.45) is 1.63. The summed E-state index contributed by atoms with van der Waals surface area (Å²) < 4.78 is 2.39. The van der Waals surface area contributed by atoms with Crippen molar-refractivity contribution in [3.63, 3.8) is 0 Å². The SMILES string of the molecule is Cc1cc(CCC(C)O)c(C)n1CC(C)C. The van der Waals surface area contributed by atoms with Gasteiger partial charge in [-0.15, -0.1) is 0 Å². The van der Waals surface area contributed by atoms with Crippen LogP contribution in [0.15, 0.2) is 6.07 Å². The number of hydrogen-bond donors (Lipinski definition) is 1. The Morgan fingerprint density at radius 1 is 1.25 bits per heavy atom. The average Bonchev–Trinajstić information content (AvgIpc) is 2.42. The molecule has 0 bridgehead atoms. The fourth-order valence-electron chi connectivity index (χ4n) is 2.14. The lowest BCUT2D eigenvalue weighted by molar-refractivity contribution is 0.185. The highest BCUT2D eigenvalue weighted by Crippen LogP contribution is 2.18. The maximum atomic E-state index is 9.32. The lowest BCUT2D eigenvalue weighted by atomic mass is 10.1. The Morgan fingerprint density at radius 3 is 2.38 bits per heavy atom. The van der Waals surface area contributed by atoms with Crippen LogP contribution in [0.3, 0.4) is 0 Å². The van der Waals surface area contributed by atoms with Gasteiger partial charge in [-0.3, -0.25) is 0 Å². The zero-order valence-corrected chi connectivity index (χ0v) is 11.2. The highest BCUT2D eigenvalue weighted by atomic mass is 16.3. The molecule has 0 spiro atoms. The molecule has 1 atom stereocenters. The van der Waals surface area contributed by atoms with Crippen molar-refractivity contribution in [1.82, 2.24) is 4.57 Å². The van der Waals surface area contributed by atoms with E-state index in [1.54, 1.807) is 0 Å². The first-order chi connectivity index (χ1) is 7.41. The largest absolute Gasteiger partial charge is 0.393 e. The standard InChI is InChI=1S/C14H25NO/c1-10(2)9-15-11(3)8-14(13(15)5)7-6-12(4)16/h8,10,12,16H,6-7,9H2,1-5H3. The molecule has 0 radical (unpaired) electrons. The van der Waals surface area contributed by atoms with E-state index in [4.69, 9.17) is 0 Å². The van der Waals surface area contributed by atoms with E-state index in [0.29, 0.717) is 5.92 Å². The molecule has 1 unspecified atom stereocenters. The molecule has 0 aromatic carbocycles. The number of hydrogen-bond acceptors (Lipinski definition) is 1. The summed E-state index contributed by atoms with van der Waals surface area (Å²) in [5.41, 5.74) is 4.10. The molecule has 2 heteroatoms. The Kier molecular flexibility index (Phi) is 4.60. The van der Waals surface area contributed by atoms with Crippen molar-refractivity contribution in [2.75, 3.05) is 0 Å². The quantitative estimate of drug-likeness (QED) is 0.815. The van der Waals surface area contributed by atoms with Gasteiger partial charge in [-0.05, 0) is 51.2 Å². The van der Waals surface area contributed by atoms with Gasteiger partial charge in [0, 0.05) is 17.9 Å². The lowest BCUT2D eigenvalue weighted by Crippen LogP contribution is -2.08. The van der Waals surface area contributed by atoms with Crippen LogP contribution in [-0.2, 0) is 13.0 Å². The molecule has 1 aromatic heterocycles. The fraction of sp³-hybridized carbons (Fsp3) is 0.714. The summed E-state index contributed by atoms with van der Waals surface area (Å²) in [6.45, 7) is 11.8. The third-order valence-electron chi connectivity index (χ3n) is 3.06. The number of aromatic nitrogens is 1. The summed E-state index contributed by atoms with van der Waals surface area (Å²) in [4.78, 5) is 0. The molecular formula is C14H25NO. The topological polar surface area (TPSA) is 25.2 Å². The van der Waals surface area contributed by atoms with Gasteiger partial charge in [0.1, 0.15) is 0 Å². The minimum atomic E-state index is -0.201. The zero-order chi connectivity index (χ0) is 12.3. The number of rotatable bonds is 5. The van der Waals surface area contributed by atoms with E-state index in [-0.39, 0.29) is 6.10 Å². The van der Waals surface area contributed by atoms with Crippen LogP contribution in [0.25, 0.3) is 0 Å². The van der Waals surface area contributed by atoms with Gasteiger partial charge in [-0.2, -0.15) is 0 Å². The number of aliphatic hydroxyl groups excluding tert-OH is 1. The number of nitrogens with zero attached hydrogens (tertiary/aromatic N) is 1. The second kappa shape index (κ2) is 5.53. The highest BCUT2D eigenvalue weighted by molar-refractivity contribution is 5.26. The average molecular weight is 223 g/mol. The van der Waals surface area contributed by atoms with E-state index < -0.39 is 0 Å². The molecule has 16 heavy (non-hydrogen) atoms. The summed E-state index contributed by atoms with van der Waals surface area (Å²) in [5, 5.41) is 9.32. The van der Waals surface area contributed by atoms with Gasteiger partial charge in [0.2, 0.25) is 0 Å². The molecule has 0 aliphatic rings. The second-order valence-electron chi connectivity index (χ2n) is 5.29. The van der Waals surface area contributed by atoms with Gasteiger partial charge in [0.15, 0.2) is 0 Å². The number of aryl methyl sites for hydroxylation is 2. The van der Waals surface area contributed by atoms with Crippen LogP contribution in [0.2, 0.25) is 0 Å². The lowest BCUT2D eigenvalue weighted by Gasteiger charge is -2.12. The first-order valence-electron chi connectivity index (χ1n) is 6.25. The molecule has 0 saturated carbocycles. The third kappa shape index (κ3) is 3.38.